The molecule has 10 heteroatoms. The first-order chi connectivity index (χ1) is 14.4. The number of carbonyl (C=O) groups is 2. The Morgan fingerprint density at radius 1 is 1.19 bits per heavy atom. The fourth-order valence-corrected chi connectivity index (χ4v) is 2.72. The largest absolute Gasteiger partial charge is 0.467 e. The average Bonchev–Trinajstić information content (AvgIpc) is 2.67. The lowest BCUT2D eigenvalue weighted by Gasteiger charge is -2.23. The standard InChI is InChI=1S/C21H23ClF2N2O5/c1-21(2,3)31-20(28)26-15(19(27)29-4)9-11-5-8-14(24)18(17(11)25)30-16-10-12(23)6-7-13(16)22/h5-8,10,15H,9,25H2,1-4H3,(H,26,28)/t15-/m1/s1. The van der Waals surface area contributed by atoms with E-state index in [2.05, 4.69) is 5.32 Å². The summed E-state index contributed by atoms with van der Waals surface area (Å²) in [7, 11) is 1.15. The molecule has 31 heavy (non-hydrogen) atoms. The Kier molecular flexibility index (Phi) is 7.67. The number of nitrogens with one attached hydrogen (secondary N) is 1. The Labute approximate surface area is 183 Å². The monoisotopic (exact) mass is 456 g/mol. The quantitative estimate of drug-likeness (QED) is 0.486. The number of benzene rings is 2. The zero-order valence-corrected chi connectivity index (χ0v) is 18.2. The molecule has 7 nitrogen and oxygen atoms in total. The van der Waals surface area contributed by atoms with Crippen molar-refractivity contribution < 1.29 is 32.6 Å². The van der Waals surface area contributed by atoms with Crippen molar-refractivity contribution >= 4 is 29.4 Å². The normalized spacial score (nSPS) is 12.1. The van der Waals surface area contributed by atoms with Crippen LogP contribution in [0.1, 0.15) is 26.3 Å². The molecule has 2 rings (SSSR count). The van der Waals surface area contributed by atoms with Crippen molar-refractivity contribution in [1.82, 2.24) is 5.32 Å². The highest BCUT2D eigenvalue weighted by Crippen LogP contribution is 2.37. The zero-order valence-electron chi connectivity index (χ0n) is 17.4. The highest BCUT2D eigenvalue weighted by atomic mass is 35.5. The second-order valence-electron chi connectivity index (χ2n) is 7.55. The molecule has 0 saturated carbocycles. The summed E-state index contributed by atoms with van der Waals surface area (Å²) in [5.41, 5.74) is 5.38. The first-order valence-electron chi connectivity index (χ1n) is 9.18. The minimum Gasteiger partial charge on any atom is -0.467 e. The van der Waals surface area contributed by atoms with Crippen LogP contribution in [0.3, 0.4) is 0 Å². The van der Waals surface area contributed by atoms with Gasteiger partial charge in [0, 0.05) is 12.5 Å². The first-order valence-corrected chi connectivity index (χ1v) is 9.56. The highest BCUT2D eigenvalue weighted by molar-refractivity contribution is 6.32. The third-order valence-corrected chi connectivity index (χ3v) is 4.26. The molecule has 1 amide bonds. The van der Waals surface area contributed by atoms with Crippen molar-refractivity contribution in [3.05, 3.63) is 52.6 Å². The second-order valence-corrected chi connectivity index (χ2v) is 7.96. The van der Waals surface area contributed by atoms with Gasteiger partial charge >= 0.3 is 12.1 Å². The number of esters is 1. The SMILES string of the molecule is COC(=O)[C@@H](Cc1ccc(F)c(Oc2cc(F)ccc2Cl)c1N)NC(=O)OC(C)(C)C. The summed E-state index contributed by atoms with van der Waals surface area (Å²) in [5, 5.41) is 2.45. The molecular weight excluding hydrogens is 434 g/mol. The first kappa shape index (κ1) is 24.2. The van der Waals surface area contributed by atoms with Crippen LogP contribution in [0, 0.1) is 11.6 Å². The van der Waals surface area contributed by atoms with Crippen LogP contribution in [0.2, 0.25) is 5.02 Å². The molecule has 0 aromatic heterocycles. The number of methoxy groups -OCH3 is 1. The number of nitrogen functional groups attached to an aromatic ring is 1. The molecule has 2 aromatic carbocycles. The number of alkyl carbamates (subject to hydrolysis) is 1. The molecule has 0 aliphatic carbocycles. The van der Waals surface area contributed by atoms with Crippen LogP contribution >= 0.6 is 11.6 Å². The van der Waals surface area contributed by atoms with Gasteiger partial charge in [0.1, 0.15) is 23.2 Å². The third-order valence-electron chi connectivity index (χ3n) is 3.94. The van der Waals surface area contributed by atoms with E-state index in [0.717, 1.165) is 25.3 Å². The molecule has 0 saturated heterocycles. The van der Waals surface area contributed by atoms with Crippen molar-refractivity contribution in [2.75, 3.05) is 12.8 Å². The van der Waals surface area contributed by atoms with E-state index in [4.69, 9.17) is 31.5 Å². The van der Waals surface area contributed by atoms with E-state index in [1.165, 1.54) is 12.1 Å². The lowest BCUT2D eigenvalue weighted by molar-refractivity contribution is -0.143. The Bertz CT molecular complexity index is 979. The summed E-state index contributed by atoms with van der Waals surface area (Å²) in [6, 6.07) is 4.58. The zero-order chi connectivity index (χ0) is 23.3. The fourth-order valence-electron chi connectivity index (χ4n) is 2.57. The lowest BCUT2D eigenvalue weighted by Crippen LogP contribution is -2.45. The molecule has 0 bridgehead atoms. The van der Waals surface area contributed by atoms with Crippen LogP contribution in [0.25, 0.3) is 0 Å². The second kappa shape index (κ2) is 9.82. The van der Waals surface area contributed by atoms with Gasteiger partial charge in [-0.1, -0.05) is 17.7 Å². The van der Waals surface area contributed by atoms with Crippen LogP contribution in [-0.2, 0) is 20.7 Å². The van der Waals surface area contributed by atoms with Gasteiger partial charge < -0.3 is 25.3 Å². The van der Waals surface area contributed by atoms with Crippen LogP contribution in [0.15, 0.2) is 30.3 Å². The Hall–Kier alpha value is -3.07. The summed E-state index contributed by atoms with van der Waals surface area (Å²) in [4.78, 5) is 24.2. The maximum absolute atomic E-state index is 14.4. The third kappa shape index (κ3) is 6.71. The minimum atomic E-state index is -1.17. The van der Waals surface area contributed by atoms with Gasteiger partial charge in [0.25, 0.3) is 0 Å². The highest BCUT2D eigenvalue weighted by Gasteiger charge is 2.27. The molecule has 0 aliphatic heterocycles. The summed E-state index contributed by atoms with van der Waals surface area (Å²) in [6.07, 6.45) is -0.989. The number of hydrogen-bond donors (Lipinski definition) is 2. The molecule has 3 N–H and O–H groups in total. The summed E-state index contributed by atoms with van der Waals surface area (Å²) in [6.45, 7) is 5.00. The molecule has 2 aromatic rings. The number of hydrogen-bond acceptors (Lipinski definition) is 6. The van der Waals surface area contributed by atoms with E-state index in [0.29, 0.717) is 0 Å². The molecule has 0 radical (unpaired) electrons. The molecule has 1 atom stereocenters. The smallest absolute Gasteiger partial charge is 0.408 e. The number of ether oxygens (including phenoxy) is 3. The summed E-state index contributed by atoms with van der Waals surface area (Å²) >= 11 is 5.97. The van der Waals surface area contributed by atoms with E-state index in [1.807, 2.05) is 0 Å². The van der Waals surface area contributed by atoms with Gasteiger partial charge in [0.15, 0.2) is 11.6 Å². The Morgan fingerprint density at radius 2 is 1.87 bits per heavy atom. The van der Waals surface area contributed by atoms with Crippen LogP contribution in [0.5, 0.6) is 11.5 Å². The topological polar surface area (TPSA) is 99.9 Å². The molecular formula is C21H23ClF2N2O5. The molecule has 0 spiro atoms. The van der Waals surface area contributed by atoms with Crippen LogP contribution in [-0.4, -0.2) is 30.8 Å². The van der Waals surface area contributed by atoms with E-state index in [-0.39, 0.29) is 28.4 Å². The molecule has 0 unspecified atom stereocenters. The van der Waals surface area contributed by atoms with Crippen LogP contribution in [0.4, 0.5) is 19.3 Å². The number of nitrogens with two attached hydrogens (primary N) is 1. The number of rotatable bonds is 6. The number of carbonyl (C=O) groups excluding carboxylic acids is 2. The van der Waals surface area contributed by atoms with Crippen molar-refractivity contribution in [2.45, 2.75) is 38.8 Å². The average molecular weight is 457 g/mol. The van der Waals surface area contributed by atoms with Gasteiger partial charge in [-0.25, -0.2) is 18.4 Å². The van der Waals surface area contributed by atoms with Gasteiger partial charge in [0.05, 0.1) is 17.8 Å². The minimum absolute atomic E-state index is 0.0460. The van der Waals surface area contributed by atoms with Gasteiger partial charge in [-0.3, -0.25) is 0 Å². The van der Waals surface area contributed by atoms with Gasteiger partial charge in [-0.15, -0.1) is 0 Å². The Balaban J connectivity index is 2.32. The molecule has 0 heterocycles. The molecule has 0 aliphatic rings. The number of anilines is 1. The summed E-state index contributed by atoms with van der Waals surface area (Å²) < 4.78 is 43.2. The Morgan fingerprint density at radius 3 is 2.48 bits per heavy atom. The van der Waals surface area contributed by atoms with Crippen molar-refractivity contribution in [3.63, 3.8) is 0 Å². The van der Waals surface area contributed by atoms with E-state index in [1.54, 1.807) is 20.8 Å². The molecule has 0 fully saturated rings. The van der Waals surface area contributed by atoms with Crippen molar-refractivity contribution in [1.29, 1.82) is 0 Å². The van der Waals surface area contributed by atoms with Crippen LogP contribution < -0.4 is 15.8 Å². The predicted molar refractivity (Wildman–Crippen MR) is 111 cm³/mol. The maximum Gasteiger partial charge on any atom is 0.408 e. The predicted octanol–water partition coefficient (Wildman–Crippen LogP) is 4.60. The van der Waals surface area contributed by atoms with Gasteiger partial charge in [-0.2, -0.15) is 0 Å². The summed E-state index contributed by atoms with van der Waals surface area (Å²) in [5.74, 6) is -2.75. The fraction of sp³-hybridized carbons (Fsp3) is 0.333. The van der Waals surface area contributed by atoms with Gasteiger partial charge in [-0.05, 0) is 44.5 Å². The van der Waals surface area contributed by atoms with E-state index < -0.39 is 41.1 Å². The van der Waals surface area contributed by atoms with Crippen molar-refractivity contribution in [2.24, 2.45) is 0 Å². The van der Waals surface area contributed by atoms with E-state index in [9.17, 15) is 18.4 Å². The maximum atomic E-state index is 14.4. The number of halogens is 3. The van der Waals surface area contributed by atoms with E-state index >= 15 is 0 Å². The number of amides is 1. The van der Waals surface area contributed by atoms with Gasteiger partial charge in [0.2, 0.25) is 0 Å². The molecule has 168 valence electrons. The lowest BCUT2D eigenvalue weighted by atomic mass is 10.0. The van der Waals surface area contributed by atoms with Crippen molar-refractivity contribution in [3.8, 4) is 11.5 Å².